The van der Waals surface area contributed by atoms with Gasteiger partial charge in [0.25, 0.3) is 11.5 Å². The molecule has 2 aromatic heterocycles. The second-order valence-electron chi connectivity index (χ2n) is 6.38. The lowest BCUT2D eigenvalue weighted by Gasteiger charge is -2.17. The third-order valence-corrected chi connectivity index (χ3v) is 5.25. The minimum Gasteiger partial charge on any atom is -0.343 e. The maximum atomic E-state index is 12.3. The van der Waals surface area contributed by atoms with Crippen LogP contribution in [0.5, 0.6) is 0 Å². The number of hydrogen-bond acceptors (Lipinski definition) is 5. The molecule has 0 bridgehead atoms. The summed E-state index contributed by atoms with van der Waals surface area (Å²) in [4.78, 5) is 45.0. The number of H-pyrrole nitrogens is 1. The number of benzene rings is 1. The van der Waals surface area contributed by atoms with Crippen molar-refractivity contribution in [1.29, 1.82) is 0 Å². The van der Waals surface area contributed by atoms with Crippen molar-refractivity contribution >= 4 is 33.4 Å². The number of carbonyl (C=O) groups is 2. The molecule has 0 fully saturated rings. The fraction of sp³-hybridized carbons (Fsp3) is 0.263. The third kappa shape index (κ3) is 4.22. The van der Waals surface area contributed by atoms with Crippen molar-refractivity contribution in [3.63, 3.8) is 0 Å². The maximum Gasteiger partial charge on any atom is 0.268 e. The van der Waals surface area contributed by atoms with Gasteiger partial charge in [0, 0.05) is 12.6 Å². The topological polar surface area (TPSA) is 95.2 Å². The Kier molecular flexibility index (Phi) is 5.36. The van der Waals surface area contributed by atoms with Crippen LogP contribution in [0.2, 0.25) is 0 Å². The third-order valence-electron chi connectivity index (χ3n) is 4.35. The molecule has 3 aromatic rings. The van der Waals surface area contributed by atoms with Gasteiger partial charge in [0.15, 0.2) is 0 Å². The van der Waals surface area contributed by atoms with Crippen LogP contribution in [-0.4, -0.2) is 40.3 Å². The van der Waals surface area contributed by atoms with E-state index in [4.69, 9.17) is 0 Å². The van der Waals surface area contributed by atoms with Crippen LogP contribution in [0.15, 0.2) is 34.4 Å². The van der Waals surface area contributed by atoms with Crippen molar-refractivity contribution in [2.24, 2.45) is 0 Å². The average Bonchev–Trinajstić information content (AvgIpc) is 3.10. The minimum atomic E-state index is -0.300. The number of aryl methyl sites for hydroxylation is 2. The van der Waals surface area contributed by atoms with E-state index < -0.39 is 0 Å². The summed E-state index contributed by atoms with van der Waals surface area (Å²) in [5.74, 6) is -0.173. The molecule has 3 rings (SSSR count). The number of likely N-dealkylation sites (N-methyl/N-ethyl adjacent to an activating group) is 1. The Balaban J connectivity index is 1.60. The van der Waals surface area contributed by atoms with Gasteiger partial charge in [0.05, 0.1) is 18.6 Å². The molecule has 0 spiro atoms. The number of fused-ring (bicyclic) bond motifs is 1. The van der Waals surface area contributed by atoms with Crippen molar-refractivity contribution in [2.75, 3.05) is 13.6 Å². The van der Waals surface area contributed by atoms with Gasteiger partial charge in [-0.05, 0) is 48.6 Å². The lowest BCUT2D eigenvalue weighted by atomic mass is 10.1. The monoisotopic (exact) mass is 384 g/mol. The Morgan fingerprint density at radius 1 is 1.22 bits per heavy atom. The molecule has 1 aromatic carbocycles. The summed E-state index contributed by atoms with van der Waals surface area (Å²) in [6.45, 7) is 3.93. The first-order valence-electron chi connectivity index (χ1n) is 8.41. The number of aromatic nitrogens is 2. The van der Waals surface area contributed by atoms with Crippen LogP contribution in [0.3, 0.4) is 0 Å². The average molecular weight is 384 g/mol. The van der Waals surface area contributed by atoms with E-state index in [1.165, 1.54) is 16.2 Å². The number of amides is 2. The lowest BCUT2D eigenvalue weighted by molar-refractivity contribution is -0.129. The SMILES string of the molecule is Cc1ccc(C(=O)NCC(=O)N(C)Cc2nc3ccsc3c(=O)[nH]2)cc1C. The van der Waals surface area contributed by atoms with Crippen LogP contribution in [0.25, 0.3) is 10.2 Å². The van der Waals surface area contributed by atoms with Gasteiger partial charge in [-0.2, -0.15) is 0 Å². The predicted molar refractivity (Wildman–Crippen MR) is 105 cm³/mol. The second kappa shape index (κ2) is 7.71. The number of hydrogen-bond donors (Lipinski definition) is 2. The molecule has 8 heteroatoms. The quantitative estimate of drug-likeness (QED) is 0.703. The van der Waals surface area contributed by atoms with E-state index in [-0.39, 0.29) is 30.5 Å². The molecule has 0 aliphatic carbocycles. The normalized spacial score (nSPS) is 10.8. The van der Waals surface area contributed by atoms with E-state index >= 15 is 0 Å². The molecule has 27 heavy (non-hydrogen) atoms. The van der Waals surface area contributed by atoms with Crippen molar-refractivity contribution in [1.82, 2.24) is 20.2 Å². The van der Waals surface area contributed by atoms with Gasteiger partial charge in [-0.3, -0.25) is 14.4 Å². The Bertz CT molecular complexity index is 1070. The molecular formula is C19H20N4O3S. The Hall–Kier alpha value is -3.00. The summed E-state index contributed by atoms with van der Waals surface area (Å²) in [7, 11) is 1.60. The first-order chi connectivity index (χ1) is 12.8. The van der Waals surface area contributed by atoms with Crippen LogP contribution in [0.1, 0.15) is 27.3 Å². The Morgan fingerprint density at radius 3 is 2.74 bits per heavy atom. The number of carbonyl (C=O) groups excluding carboxylic acids is 2. The molecule has 2 heterocycles. The number of rotatable bonds is 5. The van der Waals surface area contributed by atoms with Crippen molar-refractivity contribution in [3.8, 4) is 0 Å². The Labute approximate surface area is 160 Å². The van der Waals surface area contributed by atoms with Crippen LogP contribution < -0.4 is 10.9 Å². The van der Waals surface area contributed by atoms with Crippen LogP contribution >= 0.6 is 11.3 Å². The first kappa shape index (κ1) is 18.8. The lowest BCUT2D eigenvalue weighted by Crippen LogP contribution is -2.38. The molecule has 0 aliphatic rings. The van der Waals surface area contributed by atoms with Crippen molar-refractivity contribution < 1.29 is 9.59 Å². The highest BCUT2D eigenvalue weighted by molar-refractivity contribution is 7.17. The van der Waals surface area contributed by atoms with Gasteiger partial charge in [-0.15, -0.1) is 11.3 Å². The van der Waals surface area contributed by atoms with Crippen LogP contribution in [0, 0.1) is 13.8 Å². The summed E-state index contributed by atoms with van der Waals surface area (Å²) >= 11 is 1.32. The number of nitrogens with one attached hydrogen (secondary N) is 2. The molecule has 2 amide bonds. The minimum absolute atomic E-state index is 0.132. The fourth-order valence-corrected chi connectivity index (χ4v) is 3.31. The molecule has 0 radical (unpaired) electrons. The van der Waals surface area contributed by atoms with E-state index in [1.807, 2.05) is 19.9 Å². The van der Waals surface area contributed by atoms with Crippen LogP contribution in [0.4, 0.5) is 0 Å². The van der Waals surface area contributed by atoms with Crippen molar-refractivity contribution in [3.05, 3.63) is 62.5 Å². The highest BCUT2D eigenvalue weighted by Gasteiger charge is 2.14. The maximum absolute atomic E-state index is 12.3. The number of nitrogens with zero attached hydrogens (tertiary/aromatic N) is 2. The zero-order chi connectivity index (χ0) is 19.6. The fourth-order valence-electron chi connectivity index (χ4n) is 2.58. The van der Waals surface area contributed by atoms with Gasteiger partial charge in [0.2, 0.25) is 5.91 Å². The highest BCUT2D eigenvalue weighted by atomic mass is 32.1. The summed E-state index contributed by atoms with van der Waals surface area (Å²) < 4.78 is 0.563. The van der Waals surface area contributed by atoms with Gasteiger partial charge in [0.1, 0.15) is 10.5 Å². The first-order valence-corrected chi connectivity index (χ1v) is 9.29. The summed E-state index contributed by atoms with van der Waals surface area (Å²) in [5, 5.41) is 4.43. The second-order valence-corrected chi connectivity index (χ2v) is 7.30. The molecule has 0 atom stereocenters. The van der Waals surface area contributed by atoms with Gasteiger partial charge < -0.3 is 15.2 Å². The molecular weight excluding hydrogens is 364 g/mol. The van der Waals surface area contributed by atoms with E-state index in [0.29, 0.717) is 21.6 Å². The summed E-state index contributed by atoms with van der Waals surface area (Å²) in [6.07, 6.45) is 0. The molecule has 2 N–H and O–H groups in total. The van der Waals surface area contributed by atoms with Crippen molar-refractivity contribution in [2.45, 2.75) is 20.4 Å². The van der Waals surface area contributed by atoms with Gasteiger partial charge in [-0.25, -0.2) is 4.98 Å². The summed E-state index contributed by atoms with van der Waals surface area (Å²) in [5.41, 5.74) is 3.04. The molecule has 140 valence electrons. The number of aromatic amines is 1. The van der Waals surface area contributed by atoms with Gasteiger partial charge >= 0.3 is 0 Å². The Morgan fingerprint density at radius 2 is 2.00 bits per heavy atom. The number of thiophene rings is 1. The molecule has 0 saturated heterocycles. The molecule has 0 saturated carbocycles. The molecule has 0 unspecified atom stereocenters. The van der Waals surface area contributed by atoms with E-state index in [2.05, 4.69) is 15.3 Å². The van der Waals surface area contributed by atoms with E-state index in [1.54, 1.807) is 30.6 Å². The summed E-state index contributed by atoms with van der Waals surface area (Å²) in [6, 6.07) is 7.17. The largest absolute Gasteiger partial charge is 0.343 e. The smallest absolute Gasteiger partial charge is 0.268 e. The molecule has 7 nitrogen and oxygen atoms in total. The van der Waals surface area contributed by atoms with Crippen LogP contribution in [-0.2, 0) is 11.3 Å². The standard InChI is InChI=1S/C19H20N4O3S/c1-11-4-5-13(8-12(11)2)18(25)20-9-16(24)23(3)10-15-21-14-6-7-27-17(14)19(26)22-15/h4-8H,9-10H2,1-3H3,(H,20,25)(H,21,22,26). The van der Waals surface area contributed by atoms with E-state index in [0.717, 1.165) is 11.1 Å². The predicted octanol–water partition coefficient (Wildman–Crippen LogP) is 1.99. The molecule has 0 aliphatic heterocycles. The van der Waals surface area contributed by atoms with Gasteiger partial charge in [-0.1, -0.05) is 6.07 Å². The zero-order valence-corrected chi connectivity index (χ0v) is 16.1. The highest BCUT2D eigenvalue weighted by Crippen LogP contribution is 2.14. The van der Waals surface area contributed by atoms with E-state index in [9.17, 15) is 14.4 Å². The zero-order valence-electron chi connectivity index (χ0n) is 15.3.